The van der Waals surface area contributed by atoms with Crippen LogP contribution in [0.4, 0.5) is 4.79 Å². The summed E-state index contributed by atoms with van der Waals surface area (Å²) >= 11 is 0. The Hall–Kier alpha value is -1.58. The number of ether oxygens (including phenoxy) is 1. The summed E-state index contributed by atoms with van der Waals surface area (Å²) < 4.78 is 34.3. The molecule has 8 nitrogen and oxygen atoms in total. The predicted molar refractivity (Wildman–Crippen MR) is 66.8 cm³/mol. The van der Waals surface area contributed by atoms with Crippen molar-refractivity contribution in [1.29, 1.82) is 0 Å². The zero-order chi connectivity index (χ0) is 14.5. The lowest BCUT2D eigenvalue weighted by molar-refractivity contribution is 0.157. The second-order valence-corrected chi connectivity index (χ2v) is 5.94. The summed E-state index contributed by atoms with van der Waals surface area (Å²) in [5.41, 5.74) is 4.79. The average molecular weight is 291 g/mol. The number of furan rings is 1. The number of nitrogens with zero attached hydrogens (tertiary/aromatic N) is 1. The lowest BCUT2D eigenvalue weighted by Gasteiger charge is -2.07. The highest BCUT2D eigenvalue weighted by atomic mass is 32.2. The van der Waals surface area contributed by atoms with Crippen molar-refractivity contribution in [3.63, 3.8) is 0 Å². The summed E-state index contributed by atoms with van der Waals surface area (Å²) in [6, 6.07) is 2.96. The Morgan fingerprint density at radius 2 is 2.16 bits per heavy atom. The molecule has 9 heteroatoms. The van der Waals surface area contributed by atoms with Crippen LogP contribution in [0.15, 0.2) is 21.6 Å². The Balaban J connectivity index is 2.46. The van der Waals surface area contributed by atoms with E-state index >= 15 is 0 Å². The van der Waals surface area contributed by atoms with Gasteiger partial charge in [-0.2, -0.15) is 0 Å². The van der Waals surface area contributed by atoms with E-state index in [4.69, 9.17) is 10.2 Å². The standard InChI is InChI=1S/C10H17N3O5S/c1-13(2)19(15,16)9-4-3-8(18-9)7-12-5-6-17-10(11)14/h3-4,12H,5-7H2,1-2H3,(H2,11,14). The SMILES string of the molecule is CN(C)S(=O)(=O)c1ccc(CNCCOC(N)=O)o1. The normalized spacial score (nSPS) is 11.7. The summed E-state index contributed by atoms with van der Waals surface area (Å²) in [6.45, 7) is 0.851. The molecule has 108 valence electrons. The first-order valence-electron chi connectivity index (χ1n) is 5.48. The van der Waals surface area contributed by atoms with Crippen LogP contribution < -0.4 is 11.1 Å². The first kappa shape index (κ1) is 15.5. The summed E-state index contributed by atoms with van der Waals surface area (Å²) in [4.78, 5) is 10.3. The van der Waals surface area contributed by atoms with Gasteiger partial charge in [-0.05, 0) is 12.1 Å². The zero-order valence-electron chi connectivity index (χ0n) is 10.8. The van der Waals surface area contributed by atoms with Crippen molar-refractivity contribution in [3.05, 3.63) is 17.9 Å². The number of nitrogens with one attached hydrogen (secondary N) is 1. The van der Waals surface area contributed by atoms with Gasteiger partial charge < -0.3 is 20.2 Å². The van der Waals surface area contributed by atoms with Crippen LogP contribution in [-0.4, -0.2) is 46.1 Å². The van der Waals surface area contributed by atoms with Crippen LogP contribution in [0, 0.1) is 0 Å². The van der Waals surface area contributed by atoms with E-state index in [0.717, 1.165) is 4.31 Å². The molecule has 19 heavy (non-hydrogen) atoms. The molecule has 1 amide bonds. The van der Waals surface area contributed by atoms with Crippen molar-refractivity contribution in [2.45, 2.75) is 11.6 Å². The van der Waals surface area contributed by atoms with Gasteiger partial charge in [0.05, 0.1) is 6.54 Å². The summed E-state index contributed by atoms with van der Waals surface area (Å²) in [5.74, 6) is 0.472. The number of nitrogens with two attached hydrogens (primary N) is 1. The predicted octanol–water partition coefficient (Wildman–Crippen LogP) is -0.285. The Labute approximate surface area is 111 Å². The molecule has 0 bridgehead atoms. The van der Waals surface area contributed by atoms with Crippen LogP contribution in [0.5, 0.6) is 0 Å². The Morgan fingerprint density at radius 1 is 1.47 bits per heavy atom. The smallest absolute Gasteiger partial charge is 0.404 e. The quantitative estimate of drug-likeness (QED) is 0.667. The van der Waals surface area contributed by atoms with Crippen molar-refractivity contribution in [2.24, 2.45) is 5.73 Å². The van der Waals surface area contributed by atoms with Gasteiger partial charge in [0, 0.05) is 20.6 Å². The molecule has 1 rings (SSSR count). The monoisotopic (exact) mass is 291 g/mol. The van der Waals surface area contributed by atoms with Crippen molar-refractivity contribution < 1.29 is 22.4 Å². The third-order valence-electron chi connectivity index (χ3n) is 2.19. The first-order valence-corrected chi connectivity index (χ1v) is 6.92. The molecule has 1 aromatic rings. The van der Waals surface area contributed by atoms with Gasteiger partial charge in [0.25, 0.3) is 10.0 Å². The van der Waals surface area contributed by atoms with E-state index in [1.807, 2.05) is 0 Å². The number of rotatable bonds is 7. The summed E-state index contributed by atoms with van der Waals surface area (Å²) in [5, 5.41) is 2.81. The zero-order valence-corrected chi connectivity index (χ0v) is 11.6. The fraction of sp³-hybridized carbons (Fsp3) is 0.500. The summed E-state index contributed by atoms with van der Waals surface area (Å²) in [7, 11) is -0.694. The molecule has 0 aliphatic rings. The van der Waals surface area contributed by atoms with Crippen LogP contribution in [0.25, 0.3) is 0 Å². The minimum Gasteiger partial charge on any atom is -0.448 e. The van der Waals surface area contributed by atoms with E-state index in [1.165, 1.54) is 20.2 Å². The lowest BCUT2D eigenvalue weighted by Crippen LogP contribution is -2.23. The minimum atomic E-state index is -3.55. The van der Waals surface area contributed by atoms with E-state index in [9.17, 15) is 13.2 Å². The average Bonchev–Trinajstić information content (AvgIpc) is 2.77. The number of hydrogen-bond donors (Lipinski definition) is 2. The molecule has 0 saturated carbocycles. The molecule has 0 spiro atoms. The molecule has 0 fully saturated rings. The molecule has 0 aromatic carbocycles. The largest absolute Gasteiger partial charge is 0.448 e. The molecular formula is C10H17N3O5S. The van der Waals surface area contributed by atoms with E-state index in [0.29, 0.717) is 18.8 Å². The molecule has 0 radical (unpaired) electrons. The van der Waals surface area contributed by atoms with Gasteiger partial charge >= 0.3 is 6.09 Å². The highest BCUT2D eigenvalue weighted by Crippen LogP contribution is 2.16. The molecule has 0 aliphatic carbocycles. The molecule has 3 N–H and O–H groups in total. The topological polar surface area (TPSA) is 115 Å². The molecule has 1 heterocycles. The fourth-order valence-corrected chi connectivity index (χ4v) is 2.02. The molecule has 1 aromatic heterocycles. The van der Waals surface area contributed by atoms with Gasteiger partial charge in [-0.15, -0.1) is 0 Å². The number of primary amides is 1. The van der Waals surface area contributed by atoms with Crippen LogP contribution in [-0.2, 0) is 21.3 Å². The third kappa shape index (κ3) is 4.54. The van der Waals surface area contributed by atoms with E-state index < -0.39 is 16.1 Å². The molecular weight excluding hydrogens is 274 g/mol. The number of amides is 1. The maximum absolute atomic E-state index is 11.7. The molecule has 0 aliphatic heterocycles. The molecule has 0 atom stereocenters. The van der Waals surface area contributed by atoms with Gasteiger partial charge in [0.1, 0.15) is 12.4 Å². The Bertz CT molecular complexity index is 523. The molecule has 0 saturated heterocycles. The first-order chi connectivity index (χ1) is 8.84. The number of hydrogen-bond acceptors (Lipinski definition) is 6. The van der Waals surface area contributed by atoms with Crippen molar-refractivity contribution >= 4 is 16.1 Å². The van der Waals surface area contributed by atoms with E-state index in [1.54, 1.807) is 6.07 Å². The van der Waals surface area contributed by atoms with Crippen LogP contribution in [0.2, 0.25) is 0 Å². The second-order valence-electron chi connectivity index (χ2n) is 3.85. The third-order valence-corrected chi connectivity index (χ3v) is 3.88. The van der Waals surface area contributed by atoms with Gasteiger partial charge in [-0.3, -0.25) is 0 Å². The Morgan fingerprint density at radius 3 is 2.74 bits per heavy atom. The number of carbonyl (C=O) groups excluding carboxylic acids is 1. The van der Waals surface area contributed by atoms with Crippen molar-refractivity contribution in [1.82, 2.24) is 9.62 Å². The minimum absolute atomic E-state index is 0.109. The highest BCUT2D eigenvalue weighted by Gasteiger charge is 2.21. The Kier molecular flexibility index (Phi) is 5.33. The van der Waals surface area contributed by atoms with Gasteiger partial charge in [0.2, 0.25) is 5.09 Å². The van der Waals surface area contributed by atoms with Crippen molar-refractivity contribution in [3.8, 4) is 0 Å². The van der Waals surface area contributed by atoms with Crippen LogP contribution in [0.3, 0.4) is 0 Å². The van der Waals surface area contributed by atoms with E-state index in [2.05, 4.69) is 10.1 Å². The van der Waals surface area contributed by atoms with E-state index in [-0.39, 0.29) is 11.7 Å². The number of carbonyl (C=O) groups is 1. The summed E-state index contributed by atoms with van der Waals surface area (Å²) in [6.07, 6.45) is -0.834. The second kappa shape index (κ2) is 6.55. The maximum Gasteiger partial charge on any atom is 0.404 e. The fourth-order valence-electron chi connectivity index (χ4n) is 1.21. The highest BCUT2D eigenvalue weighted by molar-refractivity contribution is 7.88. The van der Waals surface area contributed by atoms with Gasteiger partial charge in [-0.25, -0.2) is 17.5 Å². The van der Waals surface area contributed by atoms with Crippen LogP contribution in [0.1, 0.15) is 5.76 Å². The van der Waals surface area contributed by atoms with Gasteiger partial charge in [0.15, 0.2) is 0 Å². The van der Waals surface area contributed by atoms with Gasteiger partial charge in [-0.1, -0.05) is 0 Å². The maximum atomic E-state index is 11.7. The number of sulfonamides is 1. The van der Waals surface area contributed by atoms with Crippen molar-refractivity contribution in [2.75, 3.05) is 27.2 Å². The van der Waals surface area contributed by atoms with Crippen LogP contribution >= 0.6 is 0 Å². The molecule has 0 unspecified atom stereocenters. The lowest BCUT2D eigenvalue weighted by atomic mass is 10.4.